The fourth-order valence-electron chi connectivity index (χ4n) is 1.21. The van der Waals surface area contributed by atoms with Crippen LogP contribution in [-0.4, -0.2) is 21.2 Å². The summed E-state index contributed by atoms with van der Waals surface area (Å²) in [6.45, 7) is 4.42. The lowest BCUT2D eigenvalue weighted by Gasteiger charge is -2.02. The molecule has 66 valence electrons. The lowest BCUT2D eigenvalue weighted by atomic mass is 10.2. The van der Waals surface area contributed by atoms with Crippen LogP contribution in [-0.2, 0) is 0 Å². The highest BCUT2D eigenvalue weighted by atomic mass is 15.3. The number of hydrogen-bond donors (Lipinski definition) is 3. The van der Waals surface area contributed by atoms with Crippen LogP contribution in [0.5, 0.6) is 0 Å². The van der Waals surface area contributed by atoms with Gasteiger partial charge in [0.25, 0.3) is 0 Å². The SMILES string of the molecule is CC1(C)CC1Nc1n[nH]c(N)n1. The molecule has 1 aromatic rings. The molecule has 1 aromatic heterocycles. The van der Waals surface area contributed by atoms with Gasteiger partial charge in [0.2, 0.25) is 11.9 Å². The molecule has 0 saturated heterocycles. The second-order valence-corrected chi connectivity index (χ2v) is 3.93. The van der Waals surface area contributed by atoms with Gasteiger partial charge in [0.05, 0.1) is 0 Å². The molecule has 1 saturated carbocycles. The number of hydrogen-bond acceptors (Lipinski definition) is 4. The molecule has 5 heteroatoms. The highest BCUT2D eigenvalue weighted by Gasteiger charge is 2.46. The van der Waals surface area contributed by atoms with Crippen molar-refractivity contribution in [3.8, 4) is 0 Å². The number of anilines is 2. The Labute approximate surface area is 70.8 Å². The van der Waals surface area contributed by atoms with Gasteiger partial charge in [-0.25, -0.2) is 5.10 Å². The minimum absolute atomic E-state index is 0.357. The summed E-state index contributed by atoms with van der Waals surface area (Å²) >= 11 is 0. The second-order valence-electron chi connectivity index (χ2n) is 3.93. The van der Waals surface area contributed by atoms with E-state index >= 15 is 0 Å². The third-order valence-electron chi connectivity index (χ3n) is 2.32. The molecule has 4 N–H and O–H groups in total. The fourth-order valence-corrected chi connectivity index (χ4v) is 1.21. The Morgan fingerprint density at radius 2 is 2.33 bits per heavy atom. The summed E-state index contributed by atoms with van der Waals surface area (Å²) in [5.41, 5.74) is 5.76. The molecule has 1 aliphatic rings. The normalized spacial score (nSPS) is 25.3. The first-order chi connectivity index (χ1) is 5.58. The summed E-state index contributed by atoms with van der Waals surface area (Å²) in [6, 6.07) is 0.493. The van der Waals surface area contributed by atoms with Crippen molar-refractivity contribution in [3.63, 3.8) is 0 Å². The highest BCUT2D eigenvalue weighted by Crippen LogP contribution is 2.46. The lowest BCUT2D eigenvalue weighted by molar-refractivity contribution is 0.629. The molecule has 1 fully saturated rings. The van der Waals surface area contributed by atoms with Crippen LogP contribution in [0.2, 0.25) is 0 Å². The van der Waals surface area contributed by atoms with Crippen LogP contribution in [0, 0.1) is 5.41 Å². The van der Waals surface area contributed by atoms with Crippen LogP contribution >= 0.6 is 0 Å². The molecule has 1 atom stereocenters. The number of nitrogen functional groups attached to an aromatic ring is 1. The second kappa shape index (κ2) is 2.12. The first kappa shape index (κ1) is 7.39. The van der Waals surface area contributed by atoms with Crippen LogP contribution in [0.1, 0.15) is 20.3 Å². The van der Waals surface area contributed by atoms with Gasteiger partial charge in [-0.1, -0.05) is 13.8 Å². The molecule has 0 aromatic carbocycles. The van der Waals surface area contributed by atoms with Crippen LogP contribution in [0.25, 0.3) is 0 Å². The zero-order chi connectivity index (χ0) is 8.77. The number of rotatable bonds is 2. The summed E-state index contributed by atoms with van der Waals surface area (Å²) in [5, 5.41) is 9.67. The molecular weight excluding hydrogens is 154 g/mol. The summed E-state index contributed by atoms with van der Waals surface area (Å²) < 4.78 is 0. The van der Waals surface area contributed by atoms with Crippen molar-refractivity contribution in [2.24, 2.45) is 5.41 Å². The third kappa shape index (κ3) is 1.22. The van der Waals surface area contributed by atoms with E-state index in [4.69, 9.17) is 5.73 Å². The van der Waals surface area contributed by atoms with Gasteiger partial charge in [-0.15, -0.1) is 5.10 Å². The summed E-state index contributed by atoms with van der Waals surface area (Å²) in [4.78, 5) is 3.96. The molecule has 0 amide bonds. The van der Waals surface area contributed by atoms with Gasteiger partial charge < -0.3 is 11.1 Å². The maximum atomic E-state index is 5.37. The molecule has 1 unspecified atom stereocenters. The molecular formula is C7H13N5. The van der Waals surface area contributed by atoms with E-state index in [0.717, 1.165) is 0 Å². The molecule has 1 aliphatic carbocycles. The maximum absolute atomic E-state index is 5.37. The van der Waals surface area contributed by atoms with Crippen molar-refractivity contribution in [1.29, 1.82) is 0 Å². The van der Waals surface area contributed by atoms with Crippen molar-refractivity contribution < 1.29 is 0 Å². The number of H-pyrrole nitrogens is 1. The Morgan fingerprint density at radius 1 is 1.67 bits per heavy atom. The van der Waals surface area contributed by atoms with Crippen molar-refractivity contribution >= 4 is 11.9 Å². The molecule has 0 spiro atoms. The Bertz CT molecular complexity index is 290. The molecule has 0 radical (unpaired) electrons. The van der Waals surface area contributed by atoms with Gasteiger partial charge in [0.15, 0.2) is 0 Å². The van der Waals surface area contributed by atoms with Gasteiger partial charge in [-0.3, -0.25) is 0 Å². The van der Waals surface area contributed by atoms with Gasteiger partial charge in [0.1, 0.15) is 0 Å². The molecule has 0 aliphatic heterocycles. The first-order valence-corrected chi connectivity index (χ1v) is 4.02. The van der Waals surface area contributed by atoms with Crippen molar-refractivity contribution in [3.05, 3.63) is 0 Å². The van der Waals surface area contributed by atoms with Gasteiger partial charge >= 0.3 is 0 Å². The van der Waals surface area contributed by atoms with Crippen molar-refractivity contribution in [2.45, 2.75) is 26.3 Å². The standard InChI is InChI=1S/C7H13N5/c1-7(2)3-4(7)9-6-10-5(8)11-12-6/h4H,3H2,1-2H3,(H4,8,9,10,11,12). The zero-order valence-electron chi connectivity index (χ0n) is 7.26. The van der Waals surface area contributed by atoms with E-state index in [1.165, 1.54) is 6.42 Å². The predicted octanol–water partition coefficient (Wildman–Crippen LogP) is 0.597. The molecule has 2 rings (SSSR count). The highest BCUT2D eigenvalue weighted by molar-refractivity contribution is 5.34. The van der Waals surface area contributed by atoms with Gasteiger partial charge in [-0.05, 0) is 11.8 Å². The number of aromatic amines is 1. The molecule has 0 bridgehead atoms. The van der Waals surface area contributed by atoms with E-state index in [9.17, 15) is 0 Å². The lowest BCUT2D eigenvalue weighted by Crippen LogP contribution is -2.09. The zero-order valence-corrected chi connectivity index (χ0v) is 7.26. The topological polar surface area (TPSA) is 79.6 Å². The van der Waals surface area contributed by atoms with Crippen LogP contribution in [0.4, 0.5) is 11.9 Å². The number of nitrogens with one attached hydrogen (secondary N) is 2. The number of aromatic nitrogens is 3. The van der Waals surface area contributed by atoms with Crippen molar-refractivity contribution in [2.75, 3.05) is 11.1 Å². The minimum atomic E-state index is 0.357. The quantitative estimate of drug-likeness (QED) is 0.602. The van der Waals surface area contributed by atoms with E-state index in [2.05, 4.69) is 34.3 Å². The minimum Gasteiger partial charge on any atom is -0.368 e. The Hall–Kier alpha value is -1.26. The molecule has 5 nitrogen and oxygen atoms in total. The number of nitrogens with two attached hydrogens (primary N) is 1. The van der Waals surface area contributed by atoms with E-state index < -0.39 is 0 Å². The smallest absolute Gasteiger partial charge is 0.243 e. The molecule has 1 heterocycles. The van der Waals surface area contributed by atoms with E-state index in [0.29, 0.717) is 23.4 Å². The van der Waals surface area contributed by atoms with Crippen LogP contribution < -0.4 is 11.1 Å². The van der Waals surface area contributed by atoms with E-state index in [1.54, 1.807) is 0 Å². The third-order valence-corrected chi connectivity index (χ3v) is 2.32. The maximum Gasteiger partial charge on any atom is 0.243 e. The summed E-state index contributed by atoms with van der Waals surface area (Å²) in [7, 11) is 0. The Kier molecular flexibility index (Phi) is 1.31. The predicted molar refractivity (Wildman–Crippen MR) is 46.6 cm³/mol. The Balaban J connectivity index is 1.97. The van der Waals surface area contributed by atoms with Gasteiger partial charge in [0, 0.05) is 6.04 Å². The average molecular weight is 167 g/mol. The first-order valence-electron chi connectivity index (χ1n) is 4.02. The van der Waals surface area contributed by atoms with Gasteiger partial charge in [-0.2, -0.15) is 4.98 Å². The fraction of sp³-hybridized carbons (Fsp3) is 0.714. The van der Waals surface area contributed by atoms with Crippen molar-refractivity contribution in [1.82, 2.24) is 15.2 Å². The number of nitrogens with zero attached hydrogens (tertiary/aromatic N) is 2. The molecule has 12 heavy (non-hydrogen) atoms. The Morgan fingerprint density at radius 3 is 2.75 bits per heavy atom. The average Bonchev–Trinajstić information content (AvgIpc) is 2.41. The summed E-state index contributed by atoms with van der Waals surface area (Å²) in [6.07, 6.45) is 1.17. The van der Waals surface area contributed by atoms with E-state index in [-0.39, 0.29) is 0 Å². The van der Waals surface area contributed by atoms with Crippen LogP contribution in [0.15, 0.2) is 0 Å². The van der Waals surface area contributed by atoms with E-state index in [1.807, 2.05) is 0 Å². The monoisotopic (exact) mass is 167 g/mol. The van der Waals surface area contributed by atoms with Crippen LogP contribution in [0.3, 0.4) is 0 Å². The largest absolute Gasteiger partial charge is 0.368 e. The summed E-state index contributed by atoms with van der Waals surface area (Å²) in [5.74, 6) is 0.957.